The van der Waals surface area contributed by atoms with E-state index in [1.807, 2.05) is 11.3 Å². The minimum atomic E-state index is 0.725. The van der Waals surface area contributed by atoms with Crippen molar-refractivity contribution in [2.45, 2.75) is 38.3 Å². The van der Waals surface area contributed by atoms with Crippen LogP contribution in [0.1, 0.15) is 29.0 Å². The van der Waals surface area contributed by atoms with Crippen molar-refractivity contribution < 1.29 is 4.52 Å². The number of nitrogens with zero attached hydrogens (tertiary/aromatic N) is 1. The van der Waals surface area contributed by atoms with Crippen LogP contribution < -0.4 is 5.32 Å². The summed E-state index contributed by atoms with van der Waals surface area (Å²) in [4.78, 5) is 1.44. The number of hydrogen-bond acceptors (Lipinski definition) is 4. The van der Waals surface area contributed by atoms with Crippen LogP contribution in [-0.2, 0) is 19.4 Å². The molecule has 0 aromatic carbocycles. The number of fused-ring (bicyclic) bond motifs is 3. The molecular formula is C13H14N2OS. The summed E-state index contributed by atoms with van der Waals surface area (Å²) in [6.07, 6.45) is 4.84. The third-order valence-electron chi connectivity index (χ3n) is 3.60. The predicted molar refractivity (Wildman–Crippen MR) is 67.1 cm³/mol. The lowest BCUT2D eigenvalue weighted by Crippen LogP contribution is -2.17. The fourth-order valence-corrected chi connectivity index (χ4v) is 3.33. The predicted octanol–water partition coefficient (Wildman–Crippen LogP) is 2.75. The Morgan fingerprint density at radius 3 is 3.24 bits per heavy atom. The third-order valence-corrected chi connectivity index (χ3v) is 4.58. The van der Waals surface area contributed by atoms with Crippen LogP contribution in [0.3, 0.4) is 0 Å². The first-order chi connectivity index (χ1) is 8.42. The zero-order chi connectivity index (χ0) is 11.2. The van der Waals surface area contributed by atoms with Gasteiger partial charge in [-0.05, 0) is 37.1 Å². The van der Waals surface area contributed by atoms with Gasteiger partial charge in [0.25, 0.3) is 0 Å². The van der Waals surface area contributed by atoms with E-state index in [0.717, 1.165) is 36.9 Å². The monoisotopic (exact) mass is 246 g/mol. The first kappa shape index (κ1) is 9.85. The van der Waals surface area contributed by atoms with Gasteiger partial charge >= 0.3 is 0 Å². The summed E-state index contributed by atoms with van der Waals surface area (Å²) in [5.41, 5.74) is 3.70. The van der Waals surface area contributed by atoms with Gasteiger partial charge in [-0.1, -0.05) is 5.16 Å². The van der Waals surface area contributed by atoms with Gasteiger partial charge in [0.1, 0.15) is 5.69 Å². The Labute approximate surface area is 104 Å². The average Bonchev–Trinajstić information content (AvgIpc) is 2.90. The quantitative estimate of drug-likeness (QED) is 0.905. The highest BCUT2D eigenvalue weighted by molar-refractivity contribution is 7.10. The van der Waals surface area contributed by atoms with Crippen LogP contribution in [0.15, 0.2) is 16.0 Å². The topological polar surface area (TPSA) is 38.1 Å². The SMILES string of the molecule is c1cc2c(s1)CCc1c(CNC3CC3)noc1-2. The van der Waals surface area contributed by atoms with Gasteiger partial charge in [-0.3, -0.25) is 0 Å². The molecule has 2 aliphatic rings. The molecule has 0 atom stereocenters. The number of thiophene rings is 1. The molecular weight excluding hydrogens is 232 g/mol. The molecule has 1 fully saturated rings. The molecule has 1 saturated carbocycles. The van der Waals surface area contributed by atoms with Crippen molar-refractivity contribution in [1.29, 1.82) is 0 Å². The Balaban J connectivity index is 1.67. The van der Waals surface area contributed by atoms with Crippen LogP contribution >= 0.6 is 11.3 Å². The van der Waals surface area contributed by atoms with Crippen molar-refractivity contribution in [2.24, 2.45) is 0 Å². The molecule has 88 valence electrons. The summed E-state index contributed by atoms with van der Waals surface area (Å²) in [6.45, 7) is 0.864. The van der Waals surface area contributed by atoms with Crippen molar-refractivity contribution in [3.05, 3.63) is 27.6 Å². The van der Waals surface area contributed by atoms with Crippen LogP contribution in [0.5, 0.6) is 0 Å². The van der Waals surface area contributed by atoms with E-state index in [9.17, 15) is 0 Å². The van der Waals surface area contributed by atoms with Gasteiger partial charge in [-0.25, -0.2) is 0 Å². The van der Waals surface area contributed by atoms with E-state index in [1.54, 1.807) is 0 Å². The Kier molecular flexibility index (Phi) is 2.13. The second-order valence-corrected chi connectivity index (χ2v) is 5.85. The van der Waals surface area contributed by atoms with E-state index in [0.29, 0.717) is 0 Å². The number of aromatic nitrogens is 1. The Bertz CT molecular complexity index is 554. The molecule has 0 radical (unpaired) electrons. The summed E-state index contributed by atoms with van der Waals surface area (Å²) in [5, 5.41) is 9.89. The molecule has 0 aliphatic heterocycles. The lowest BCUT2D eigenvalue weighted by atomic mass is 9.96. The van der Waals surface area contributed by atoms with E-state index in [1.165, 1.54) is 28.8 Å². The highest BCUT2D eigenvalue weighted by Crippen LogP contribution is 2.38. The Hall–Kier alpha value is -1.13. The van der Waals surface area contributed by atoms with Crippen molar-refractivity contribution in [3.8, 4) is 11.3 Å². The maximum atomic E-state index is 5.54. The summed E-state index contributed by atoms with van der Waals surface area (Å²) in [6, 6.07) is 2.88. The van der Waals surface area contributed by atoms with Gasteiger partial charge in [0.2, 0.25) is 0 Å². The van der Waals surface area contributed by atoms with Gasteiger partial charge in [-0.2, -0.15) is 0 Å². The molecule has 1 N–H and O–H groups in total. The smallest absolute Gasteiger partial charge is 0.171 e. The van der Waals surface area contributed by atoms with E-state index in [2.05, 4.69) is 21.9 Å². The van der Waals surface area contributed by atoms with E-state index < -0.39 is 0 Å². The highest BCUT2D eigenvalue weighted by Gasteiger charge is 2.26. The van der Waals surface area contributed by atoms with E-state index >= 15 is 0 Å². The van der Waals surface area contributed by atoms with Crippen molar-refractivity contribution >= 4 is 11.3 Å². The summed E-state index contributed by atoms with van der Waals surface area (Å²) < 4.78 is 5.54. The first-order valence-corrected chi connectivity index (χ1v) is 7.07. The maximum Gasteiger partial charge on any atom is 0.171 e. The summed E-state index contributed by atoms with van der Waals surface area (Å²) in [5.74, 6) is 1.01. The van der Waals surface area contributed by atoms with Gasteiger partial charge in [0, 0.05) is 28.6 Å². The molecule has 0 saturated heterocycles. The standard InChI is InChI=1S/C13H14N2OS/c1-2-8(1)14-7-11-9-3-4-12-10(5-6-17-12)13(9)16-15-11/h5-6,8,14H,1-4,7H2. The number of nitrogens with one attached hydrogen (secondary N) is 1. The lowest BCUT2D eigenvalue weighted by Gasteiger charge is -2.10. The molecule has 0 unspecified atom stereocenters. The van der Waals surface area contributed by atoms with Crippen LogP contribution in [0.25, 0.3) is 11.3 Å². The molecule has 4 heteroatoms. The van der Waals surface area contributed by atoms with Crippen molar-refractivity contribution in [3.63, 3.8) is 0 Å². The molecule has 3 nitrogen and oxygen atoms in total. The van der Waals surface area contributed by atoms with Crippen LogP contribution in [0, 0.1) is 0 Å². The minimum Gasteiger partial charge on any atom is -0.356 e. The molecule has 2 aliphatic carbocycles. The fourth-order valence-electron chi connectivity index (χ4n) is 2.45. The number of aryl methyl sites for hydroxylation is 1. The number of hydrogen-bond donors (Lipinski definition) is 1. The molecule has 2 aromatic rings. The second-order valence-electron chi connectivity index (χ2n) is 4.85. The van der Waals surface area contributed by atoms with Gasteiger partial charge in [0.05, 0.1) is 0 Å². The molecule has 17 heavy (non-hydrogen) atoms. The Morgan fingerprint density at radius 2 is 2.35 bits per heavy atom. The molecule has 4 rings (SSSR count). The largest absolute Gasteiger partial charge is 0.356 e. The number of rotatable bonds is 3. The minimum absolute atomic E-state index is 0.725. The van der Waals surface area contributed by atoms with Gasteiger partial charge in [-0.15, -0.1) is 11.3 Å². The van der Waals surface area contributed by atoms with E-state index in [4.69, 9.17) is 4.52 Å². The normalized spacial score (nSPS) is 17.9. The second kappa shape index (κ2) is 3.68. The molecule has 0 spiro atoms. The fraction of sp³-hybridized carbons (Fsp3) is 0.462. The van der Waals surface area contributed by atoms with E-state index in [-0.39, 0.29) is 0 Å². The summed E-state index contributed by atoms with van der Waals surface area (Å²) in [7, 11) is 0. The zero-order valence-electron chi connectivity index (χ0n) is 9.53. The van der Waals surface area contributed by atoms with Crippen LogP contribution in [-0.4, -0.2) is 11.2 Å². The van der Waals surface area contributed by atoms with Crippen molar-refractivity contribution in [1.82, 2.24) is 10.5 Å². The van der Waals surface area contributed by atoms with Crippen LogP contribution in [0.2, 0.25) is 0 Å². The molecule has 0 bridgehead atoms. The Morgan fingerprint density at radius 1 is 1.41 bits per heavy atom. The maximum absolute atomic E-state index is 5.54. The van der Waals surface area contributed by atoms with Gasteiger partial charge in [0.15, 0.2) is 5.76 Å². The highest BCUT2D eigenvalue weighted by atomic mass is 32.1. The third kappa shape index (κ3) is 1.63. The van der Waals surface area contributed by atoms with Crippen LogP contribution in [0.4, 0.5) is 0 Å². The first-order valence-electron chi connectivity index (χ1n) is 6.19. The van der Waals surface area contributed by atoms with Gasteiger partial charge < -0.3 is 9.84 Å². The zero-order valence-corrected chi connectivity index (χ0v) is 10.3. The summed E-state index contributed by atoms with van der Waals surface area (Å²) >= 11 is 1.82. The molecule has 2 aromatic heterocycles. The molecule has 2 heterocycles. The molecule has 0 amide bonds. The average molecular weight is 246 g/mol. The van der Waals surface area contributed by atoms with Crippen molar-refractivity contribution in [2.75, 3.05) is 0 Å². The lowest BCUT2D eigenvalue weighted by molar-refractivity contribution is 0.419.